The van der Waals surface area contributed by atoms with E-state index in [2.05, 4.69) is 26.5 Å². The van der Waals surface area contributed by atoms with Gasteiger partial charge in [-0.3, -0.25) is 14.5 Å². The number of esters is 1. The number of amides is 1. The van der Waals surface area contributed by atoms with E-state index in [9.17, 15) is 14.4 Å². The Labute approximate surface area is 184 Å². The average molecular weight is 435 g/mol. The van der Waals surface area contributed by atoms with Crippen molar-refractivity contribution in [2.45, 2.75) is 37.8 Å². The summed E-state index contributed by atoms with van der Waals surface area (Å²) in [4.78, 5) is 39.5. The molecule has 4 heterocycles. The second-order valence-electron chi connectivity index (χ2n) is 8.39. The van der Waals surface area contributed by atoms with Gasteiger partial charge in [-0.05, 0) is 37.3 Å². The summed E-state index contributed by atoms with van der Waals surface area (Å²) in [6.07, 6.45) is 6.72. The van der Waals surface area contributed by atoms with Gasteiger partial charge in [0.1, 0.15) is 11.3 Å². The summed E-state index contributed by atoms with van der Waals surface area (Å²) in [5.41, 5.74) is 2.72. The van der Waals surface area contributed by atoms with E-state index in [0.29, 0.717) is 11.3 Å². The number of fused-ring (bicyclic) bond motifs is 2. The molecule has 0 spiro atoms. The van der Waals surface area contributed by atoms with Crippen LogP contribution in [0.4, 0.5) is 5.69 Å². The highest BCUT2D eigenvalue weighted by atomic mass is 16.5. The van der Waals surface area contributed by atoms with Gasteiger partial charge in [-0.2, -0.15) is 5.10 Å². The van der Waals surface area contributed by atoms with Crippen LogP contribution in [-0.2, 0) is 16.0 Å². The molecule has 4 aliphatic heterocycles. The number of anilines is 1. The van der Waals surface area contributed by atoms with E-state index >= 15 is 0 Å². The Balaban J connectivity index is 1.33. The van der Waals surface area contributed by atoms with Crippen LogP contribution >= 0.6 is 0 Å². The number of carbonyl (C=O) groups excluding carboxylic acids is 2. The monoisotopic (exact) mass is 435 g/mol. The lowest BCUT2D eigenvalue weighted by molar-refractivity contribution is -0.122. The number of rotatable bonds is 3. The molecule has 1 atom stereocenters. The standard InChI is InChI=1S/C23H25N5O4/c1-32-23(31)17-13-28(12-16-20(17)25-26-21(16)29)15-8-10-27(11-9-15)19-7-6-14-4-2-3-5-18(14)24-22(19)30/h2-5,12-13,15,19H,6-11H2,1H3,(H,24,30)(H,26,29)/t19-/m0/s1. The van der Waals surface area contributed by atoms with Crippen molar-refractivity contribution >= 4 is 17.6 Å². The third-order valence-electron chi connectivity index (χ3n) is 6.61. The maximum absolute atomic E-state index is 12.9. The molecule has 2 N–H and O–H groups in total. The summed E-state index contributed by atoms with van der Waals surface area (Å²) < 4.78 is 6.80. The smallest absolute Gasteiger partial charge is 0.341 e. The molecule has 9 nitrogen and oxygen atoms in total. The van der Waals surface area contributed by atoms with Crippen LogP contribution in [0, 0.1) is 0 Å². The van der Waals surface area contributed by atoms with Gasteiger partial charge in [-0.25, -0.2) is 9.89 Å². The lowest BCUT2D eigenvalue weighted by Crippen LogP contribution is -2.47. The van der Waals surface area contributed by atoms with Gasteiger partial charge >= 0.3 is 5.97 Å². The van der Waals surface area contributed by atoms with Crippen LogP contribution in [-0.4, -0.2) is 57.8 Å². The first kappa shape index (κ1) is 20.4. The third kappa shape index (κ3) is 3.58. The van der Waals surface area contributed by atoms with Crippen molar-refractivity contribution < 1.29 is 14.3 Å². The molecule has 32 heavy (non-hydrogen) atoms. The van der Waals surface area contributed by atoms with E-state index in [4.69, 9.17) is 4.74 Å². The molecule has 0 aromatic heterocycles. The fourth-order valence-electron chi connectivity index (χ4n) is 4.87. The molecular formula is C23H25N5O4. The number of H-pyrrole nitrogens is 1. The molecule has 5 rings (SSSR count). The first-order valence-electron chi connectivity index (χ1n) is 10.9. The van der Waals surface area contributed by atoms with Gasteiger partial charge in [-0.15, -0.1) is 0 Å². The molecule has 166 valence electrons. The van der Waals surface area contributed by atoms with Crippen molar-refractivity contribution in [3.8, 4) is 11.3 Å². The van der Waals surface area contributed by atoms with Gasteiger partial charge in [0.05, 0.1) is 18.7 Å². The molecule has 1 fully saturated rings. The topological polar surface area (TPSA) is 109 Å². The van der Waals surface area contributed by atoms with Crippen LogP contribution in [0.3, 0.4) is 0 Å². The molecule has 0 bridgehead atoms. The highest BCUT2D eigenvalue weighted by molar-refractivity contribution is 5.96. The fourth-order valence-corrected chi connectivity index (χ4v) is 4.87. The Morgan fingerprint density at radius 2 is 1.91 bits per heavy atom. The van der Waals surface area contributed by atoms with Crippen LogP contribution in [0.25, 0.3) is 11.3 Å². The second-order valence-corrected chi connectivity index (χ2v) is 8.39. The van der Waals surface area contributed by atoms with Crippen molar-refractivity contribution in [2.75, 3.05) is 25.5 Å². The number of pyridine rings is 1. The van der Waals surface area contributed by atoms with Crippen LogP contribution < -0.4 is 10.9 Å². The zero-order chi connectivity index (χ0) is 22.2. The van der Waals surface area contributed by atoms with E-state index in [-0.39, 0.29) is 29.1 Å². The number of nitrogens with one attached hydrogen (secondary N) is 2. The summed E-state index contributed by atoms with van der Waals surface area (Å²) in [5, 5.41) is 9.47. The summed E-state index contributed by atoms with van der Waals surface area (Å²) in [6, 6.07) is 7.90. The number of piperidine rings is 1. The highest BCUT2D eigenvalue weighted by Crippen LogP contribution is 2.30. The van der Waals surface area contributed by atoms with Gasteiger partial charge in [0.2, 0.25) is 5.91 Å². The molecule has 1 aromatic carbocycles. The van der Waals surface area contributed by atoms with Crippen LogP contribution in [0.15, 0.2) is 41.5 Å². The summed E-state index contributed by atoms with van der Waals surface area (Å²) in [6.45, 7) is 1.51. The third-order valence-corrected chi connectivity index (χ3v) is 6.61. The van der Waals surface area contributed by atoms with Crippen molar-refractivity contribution in [1.29, 1.82) is 0 Å². The lowest BCUT2D eigenvalue weighted by atomic mass is 9.99. The van der Waals surface area contributed by atoms with Gasteiger partial charge < -0.3 is 14.6 Å². The SMILES string of the molecule is COC(=O)c1cn(C2CCN([C@H]3CCc4ccccc4NC3=O)CC2)cc2c(=O)[nH]nc1-2. The van der Waals surface area contributed by atoms with Crippen LogP contribution in [0.2, 0.25) is 0 Å². The zero-order valence-corrected chi connectivity index (χ0v) is 17.8. The Kier molecular flexibility index (Phi) is 5.26. The zero-order valence-electron chi connectivity index (χ0n) is 17.8. The summed E-state index contributed by atoms with van der Waals surface area (Å²) in [5.74, 6) is -0.479. The number of methoxy groups -OCH3 is 1. The molecule has 0 saturated carbocycles. The molecule has 0 aliphatic carbocycles. The Morgan fingerprint density at radius 1 is 1.12 bits per heavy atom. The number of hydrogen-bond donors (Lipinski definition) is 2. The maximum atomic E-state index is 12.9. The number of benzene rings is 1. The Morgan fingerprint density at radius 3 is 2.69 bits per heavy atom. The number of para-hydroxylation sites is 1. The average Bonchev–Trinajstić information content (AvgIpc) is 3.10. The van der Waals surface area contributed by atoms with Gasteiger partial charge in [0.25, 0.3) is 5.56 Å². The Hall–Kier alpha value is -3.46. The molecular weight excluding hydrogens is 410 g/mol. The van der Waals surface area contributed by atoms with Gasteiger partial charge in [0, 0.05) is 37.2 Å². The van der Waals surface area contributed by atoms with E-state index in [0.717, 1.165) is 44.5 Å². The number of carbonyl (C=O) groups is 2. The van der Waals surface area contributed by atoms with E-state index in [1.165, 1.54) is 12.7 Å². The minimum absolute atomic E-state index is 0.0462. The number of aromatic amines is 1. The number of ether oxygens (including phenoxy) is 1. The normalized spacial score (nSPS) is 19.9. The minimum atomic E-state index is -0.525. The van der Waals surface area contributed by atoms with Gasteiger partial charge in [-0.1, -0.05) is 18.2 Å². The predicted octanol–water partition coefficient (Wildman–Crippen LogP) is 2.05. The molecule has 0 unspecified atom stereocenters. The van der Waals surface area contributed by atoms with Crippen LogP contribution in [0.1, 0.15) is 41.2 Å². The lowest BCUT2D eigenvalue weighted by Gasteiger charge is -2.37. The first-order chi connectivity index (χ1) is 15.5. The molecule has 1 amide bonds. The number of aryl methyl sites for hydroxylation is 1. The molecule has 4 aliphatic rings. The van der Waals surface area contributed by atoms with Gasteiger partial charge in [0.15, 0.2) is 0 Å². The molecule has 9 heteroatoms. The largest absolute Gasteiger partial charge is 0.465 e. The second kappa shape index (κ2) is 8.23. The van der Waals surface area contributed by atoms with Crippen LogP contribution in [0.5, 0.6) is 0 Å². The van der Waals surface area contributed by atoms with Crippen molar-refractivity contribution in [1.82, 2.24) is 19.7 Å². The number of nitrogens with zero attached hydrogens (tertiary/aromatic N) is 3. The summed E-state index contributed by atoms with van der Waals surface area (Å²) >= 11 is 0. The first-order valence-corrected chi connectivity index (χ1v) is 10.9. The number of hydrogen-bond acceptors (Lipinski definition) is 6. The molecule has 1 aromatic rings. The highest BCUT2D eigenvalue weighted by Gasteiger charge is 2.33. The fraction of sp³-hybridized carbons (Fsp3) is 0.391. The van der Waals surface area contributed by atoms with Crippen molar-refractivity contribution in [3.63, 3.8) is 0 Å². The quantitative estimate of drug-likeness (QED) is 0.610. The number of likely N-dealkylation sites (tertiary alicyclic amines) is 1. The molecule has 0 radical (unpaired) electrons. The maximum Gasteiger partial charge on any atom is 0.341 e. The van der Waals surface area contributed by atoms with E-state index in [1.807, 2.05) is 22.8 Å². The minimum Gasteiger partial charge on any atom is -0.465 e. The Bertz CT molecular complexity index is 1190. The van der Waals surface area contributed by atoms with Crippen molar-refractivity contribution in [3.05, 3.63) is 58.1 Å². The summed E-state index contributed by atoms with van der Waals surface area (Å²) in [7, 11) is 1.31. The molecule has 1 saturated heterocycles. The number of aromatic nitrogens is 3. The van der Waals surface area contributed by atoms with Crippen molar-refractivity contribution in [2.24, 2.45) is 0 Å². The predicted molar refractivity (Wildman–Crippen MR) is 118 cm³/mol. The van der Waals surface area contributed by atoms with E-state index < -0.39 is 5.97 Å². The van der Waals surface area contributed by atoms with E-state index in [1.54, 1.807) is 12.4 Å².